The van der Waals surface area contributed by atoms with Crippen molar-refractivity contribution < 1.29 is 19.0 Å². The molecule has 0 radical (unpaired) electrons. The SMILES string of the molecule is COc1cc(NC(=O)CCc2nc3ccccc3n(C)c2=O)cc(OC)c1OC. The highest BCUT2D eigenvalue weighted by Crippen LogP contribution is 2.39. The van der Waals surface area contributed by atoms with Crippen LogP contribution < -0.4 is 25.1 Å². The minimum atomic E-state index is -0.253. The first-order valence-corrected chi connectivity index (χ1v) is 9.03. The molecule has 0 saturated carbocycles. The molecule has 8 heteroatoms. The Kier molecular flexibility index (Phi) is 6.01. The van der Waals surface area contributed by atoms with Gasteiger partial charge in [-0.2, -0.15) is 0 Å². The van der Waals surface area contributed by atoms with Gasteiger partial charge in [-0.25, -0.2) is 4.98 Å². The number of hydrogen-bond donors (Lipinski definition) is 1. The smallest absolute Gasteiger partial charge is 0.272 e. The van der Waals surface area contributed by atoms with Gasteiger partial charge in [-0.05, 0) is 12.1 Å². The molecule has 2 aromatic carbocycles. The quantitative estimate of drug-likeness (QED) is 0.659. The standard InChI is InChI=1S/C21H23N3O5/c1-24-16-8-6-5-7-14(16)23-15(21(24)26)9-10-19(25)22-13-11-17(27-2)20(29-4)18(12-13)28-3/h5-8,11-12H,9-10H2,1-4H3,(H,22,25). The molecule has 0 aliphatic carbocycles. The van der Waals surface area contributed by atoms with Crippen molar-refractivity contribution in [2.45, 2.75) is 12.8 Å². The summed E-state index contributed by atoms with van der Waals surface area (Å²) in [5, 5.41) is 2.79. The van der Waals surface area contributed by atoms with E-state index in [9.17, 15) is 9.59 Å². The normalized spacial score (nSPS) is 10.6. The Hall–Kier alpha value is -3.55. The highest BCUT2D eigenvalue weighted by atomic mass is 16.5. The second-order valence-electron chi connectivity index (χ2n) is 6.37. The first-order chi connectivity index (χ1) is 14.0. The van der Waals surface area contributed by atoms with Gasteiger partial charge in [0.1, 0.15) is 5.69 Å². The van der Waals surface area contributed by atoms with Gasteiger partial charge in [0.15, 0.2) is 11.5 Å². The maximum absolute atomic E-state index is 12.5. The van der Waals surface area contributed by atoms with Gasteiger partial charge in [0.2, 0.25) is 11.7 Å². The lowest BCUT2D eigenvalue weighted by Gasteiger charge is -2.14. The Morgan fingerprint density at radius 1 is 1.07 bits per heavy atom. The summed E-state index contributed by atoms with van der Waals surface area (Å²) in [6, 6.07) is 10.7. The predicted octanol–water partition coefficient (Wildman–Crippen LogP) is 2.53. The monoisotopic (exact) mass is 397 g/mol. The lowest BCUT2D eigenvalue weighted by molar-refractivity contribution is -0.116. The van der Waals surface area contributed by atoms with Gasteiger partial charge in [0.05, 0.1) is 32.4 Å². The molecular weight excluding hydrogens is 374 g/mol. The van der Waals surface area contributed by atoms with E-state index < -0.39 is 0 Å². The Morgan fingerprint density at radius 2 is 1.72 bits per heavy atom. The van der Waals surface area contributed by atoms with Crippen LogP contribution in [0.4, 0.5) is 5.69 Å². The molecule has 29 heavy (non-hydrogen) atoms. The van der Waals surface area contributed by atoms with Crippen LogP contribution in [0.15, 0.2) is 41.2 Å². The highest BCUT2D eigenvalue weighted by molar-refractivity contribution is 5.91. The summed E-state index contributed by atoms with van der Waals surface area (Å²) >= 11 is 0. The molecular formula is C21H23N3O5. The molecule has 0 aliphatic heterocycles. The molecule has 0 bridgehead atoms. The van der Waals surface area contributed by atoms with Crippen LogP contribution in [0.1, 0.15) is 12.1 Å². The van der Waals surface area contributed by atoms with Crippen LogP contribution in [0.3, 0.4) is 0 Å². The maximum atomic E-state index is 12.5. The summed E-state index contributed by atoms with van der Waals surface area (Å²) in [5.41, 5.74) is 2.12. The number of fused-ring (bicyclic) bond motifs is 1. The maximum Gasteiger partial charge on any atom is 0.272 e. The van der Waals surface area contributed by atoms with Crippen molar-refractivity contribution in [3.8, 4) is 17.2 Å². The van der Waals surface area contributed by atoms with Crippen LogP contribution in [-0.2, 0) is 18.3 Å². The first-order valence-electron chi connectivity index (χ1n) is 9.03. The fourth-order valence-corrected chi connectivity index (χ4v) is 3.11. The molecule has 8 nitrogen and oxygen atoms in total. The third-order valence-electron chi connectivity index (χ3n) is 4.59. The molecule has 152 valence electrons. The van der Waals surface area contributed by atoms with Crippen LogP contribution in [0.5, 0.6) is 17.2 Å². The topological polar surface area (TPSA) is 91.7 Å². The van der Waals surface area contributed by atoms with E-state index >= 15 is 0 Å². The minimum Gasteiger partial charge on any atom is -0.493 e. The molecule has 0 atom stereocenters. The summed E-state index contributed by atoms with van der Waals surface area (Å²) in [4.78, 5) is 29.4. The number of aryl methyl sites for hydroxylation is 2. The highest BCUT2D eigenvalue weighted by Gasteiger charge is 2.15. The molecule has 1 aromatic heterocycles. The fraction of sp³-hybridized carbons (Fsp3) is 0.286. The summed E-state index contributed by atoms with van der Waals surface area (Å²) in [6.45, 7) is 0. The Bertz CT molecular complexity index is 1080. The van der Waals surface area contributed by atoms with E-state index in [1.54, 1.807) is 23.7 Å². The zero-order valence-electron chi connectivity index (χ0n) is 16.8. The summed E-state index contributed by atoms with van der Waals surface area (Å²) in [6.07, 6.45) is 0.338. The molecule has 3 aromatic rings. The van der Waals surface area contributed by atoms with Crippen LogP contribution in [-0.4, -0.2) is 36.8 Å². The third-order valence-corrected chi connectivity index (χ3v) is 4.59. The zero-order valence-corrected chi connectivity index (χ0v) is 16.8. The van der Waals surface area contributed by atoms with Crippen LogP contribution in [0, 0.1) is 0 Å². The van der Waals surface area contributed by atoms with Crippen molar-refractivity contribution in [2.75, 3.05) is 26.6 Å². The zero-order chi connectivity index (χ0) is 21.0. The van der Waals surface area contributed by atoms with Crippen molar-refractivity contribution in [3.05, 3.63) is 52.4 Å². The van der Waals surface area contributed by atoms with E-state index in [1.807, 2.05) is 24.3 Å². The number of nitrogens with one attached hydrogen (secondary N) is 1. The van der Waals surface area contributed by atoms with Gasteiger partial charge in [-0.15, -0.1) is 0 Å². The fourth-order valence-electron chi connectivity index (χ4n) is 3.11. The molecule has 3 rings (SSSR count). The number of methoxy groups -OCH3 is 3. The molecule has 1 amide bonds. The number of carbonyl (C=O) groups is 1. The molecule has 0 aliphatic rings. The summed E-state index contributed by atoms with van der Waals surface area (Å²) < 4.78 is 17.4. The lowest BCUT2D eigenvalue weighted by Crippen LogP contribution is -2.24. The molecule has 1 N–H and O–H groups in total. The number of hydrogen-bond acceptors (Lipinski definition) is 6. The third kappa shape index (κ3) is 4.16. The largest absolute Gasteiger partial charge is 0.493 e. The van der Waals surface area contributed by atoms with Crippen molar-refractivity contribution in [1.29, 1.82) is 0 Å². The van der Waals surface area contributed by atoms with Crippen LogP contribution in [0.2, 0.25) is 0 Å². The van der Waals surface area contributed by atoms with Gasteiger partial charge in [0.25, 0.3) is 5.56 Å². The van der Waals surface area contributed by atoms with Crippen molar-refractivity contribution in [1.82, 2.24) is 9.55 Å². The Morgan fingerprint density at radius 3 is 2.34 bits per heavy atom. The van der Waals surface area contributed by atoms with Crippen molar-refractivity contribution in [2.24, 2.45) is 7.05 Å². The van der Waals surface area contributed by atoms with Gasteiger partial charge in [-0.3, -0.25) is 9.59 Å². The number of carbonyl (C=O) groups excluding carboxylic acids is 1. The summed E-state index contributed by atoms with van der Waals surface area (Å²) in [7, 11) is 6.22. The number of anilines is 1. The van der Waals surface area contributed by atoms with Gasteiger partial charge in [0, 0.05) is 37.7 Å². The average Bonchev–Trinajstić information content (AvgIpc) is 2.74. The van der Waals surface area contributed by atoms with E-state index in [4.69, 9.17) is 14.2 Å². The molecule has 0 fully saturated rings. The van der Waals surface area contributed by atoms with Crippen molar-refractivity contribution >= 4 is 22.6 Å². The Balaban J connectivity index is 1.76. The minimum absolute atomic E-state index is 0.108. The number of rotatable bonds is 7. The van der Waals surface area contributed by atoms with Gasteiger partial charge in [-0.1, -0.05) is 12.1 Å². The van der Waals surface area contributed by atoms with Crippen LogP contribution >= 0.6 is 0 Å². The van der Waals surface area contributed by atoms with E-state index in [0.717, 1.165) is 11.0 Å². The average molecular weight is 397 g/mol. The Labute approximate surface area is 168 Å². The van der Waals surface area contributed by atoms with E-state index in [2.05, 4.69) is 10.3 Å². The van der Waals surface area contributed by atoms with E-state index in [0.29, 0.717) is 28.6 Å². The van der Waals surface area contributed by atoms with E-state index in [1.165, 1.54) is 21.3 Å². The van der Waals surface area contributed by atoms with Gasteiger partial charge < -0.3 is 24.1 Å². The number of amides is 1. The number of benzene rings is 2. The van der Waals surface area contributed by atoms with Crippen LogP contribution in [0.25, 0.3) is 11.0 Å². The van der Waals surface area contributed by atoms with Crippen molar-refractivity contribution in [3.63, 3.8) is 0 Å². The molecule has 0 saturated heterocycles. The summed E-state index contributed by atoms with van der Waals surface area (Å²) in [5.74, 6) is 1.06. The first kappa shape index (κ1) is 20.2. The number of nitrogens with zero attached hydrogens (tertiary/aromatic N) is 2. The lowest BCUT2D eigenvalue weighted by atomic mass is 10.2. The predicted molar refractivity (Wildman–Crippen MR) is 110 cm³/mol. The number of para-hydroxylation sites is 2. The second-order valence-corrected chi connectivity index (χ2v) is 6.37. The molecule has 0 unspecified atom stereocenters. The molecule has 0 spiro atoms. The number of ether oxygens (including phenoxy) is 3. The van der Waals surface area contributed by atoms with Gasteiger partial charge >= 0.3 is 0 Å². The van der Waals surface area contributed by atoms with E-state index in [-0.39, 0.29) is 24.3 Å². The second kappa shape index (κ2) is 8.64. The molecule has 1 heterocycles. The number of aromatic nitrogens is 2.